The summed E-state index contributed by atoms with van der Waals surface area (Å²) in [5, 5.41) is 0. The third-order valence-corrected chi connectivity index (χ3v) is 24.0. The molecule has 1 nitrogen and oxygen atoms in total. The van der Waals surface area contributed by atoms with Crippen LogP contribution in [0.2, 0.25) is 17.2 Å². The number of carbonyl (C=O) groups is 1. The van der Waals surface area contributed by atoms with Crippen molar-refractivity contribution >= 4 is 24.2 Å². The van der Waals surface area contributed by atoms with Gasteiger partial charge in [-0.25, -0.2) is 0 Å². The van der Waals surface area contributed by atoms with Gasteiger partial charge in [0.1, 0.15) is 0 Å². The fourth-order valence-corrected chi connectivity index (χ4v) is 24.3. The Hall–Kier alpha value is 0.209. The third-order valence-electron chi connectivity index (χ3n) is 6.14. The number of Topliss-reactive ketones (excluding diaryl/α,β-unsaturated/α-hetero) is 1. The zero-order chi connectivity index (χ0) is 17.3. The van der Waals surface area contributed by atoms with Crippen LogP contribution >= 0.6 is 0 Å². The van der Waals surface area contributed by atoms with Gasteiger partial charge in [-0.2, -0.15) is 0 Å². The van der Waals surface area contributed by atoms with E-state index in [2.05, 4.69) is 33.8 Å². The van der Waals surface area contributed by atoms with Gasteiger partial charge in [0.05, 0.1) is 0 Å². The van der Waals surface area contributed by atoms with E-state index in [9.17, 15) is 4.79 Å². The number of hydrogen-bond donors (Lipinski definition) is 0. The van der Waals surface area contributed by atoms with Gasteiger partial charge in [0, 0.05) is 0 Å². The van der Waals surface area contributed by atoms with Gasteiger partial charge < -0.3 is 0 Å². The van der Waals surface area contributed by atoms with Crippen LogP contribution in [0.4, 0.5) is 0 Å². The van der Waals surface area contributed by atoms with E-state index in [1.54, 1.807) is 0 Å². The molecule has 0 amide bonds. The molecule has 0 N–H and O–H groups in total. The second-order valence-electron chi connectivity index (χ2n) is 7.99. The summed E-state index contributed by atoms with van der Waals surface area (Å²) in [4.78, 5) is 12.4. The molecule has 0 fully saturated rings. The molecule has 2 atom stereocenters. The van der Waals surface area contributed by atoms with E-state index in [0.717, 1.165) is 10.4 Å². The Bertz CT molecular complexity index is 364. The molecular formula is C21H40OSn. The Kier molecular flexibility index (Phi) is 10.1. The molecule has 1 rings (SSSR count). The molecule has 0 aromatic carbocycles. The van der Waals surface area contributed by atoms with Crippen LogP contribution in [-0.2, 0) is 4.79 Å². The van der Waals surface area contributed by atoms with Crippen molar-refractivity contribution in [3.63, 3.8) is 0 Å². The summed E-state index contributed by atoms with van der Waals surface area (Å²) >= 11 is -2.29. The summed E-state index contributed by atoms with van der Waals surface area (Å²) in [5.41, 5.74) is 1.46. The van der Waals surface area contributed by atoms with E-state index in [1.807, 2.05) is 6.92 Å². The van der Waals surface area contributed by atoms with E-state index in [0.29, 0.717) is 11.7 Å². The van der Waals surface area contributed by atoms with E-state index in [-0.39, 0.29) is 0 Å². The maximum atomic E-state index is 12.4. The predicted molar refractivity (Wildman–Crippen MR) is 106 cm³/mol. The van der Waals surface area contributed by atoms with Gasteiger partial charge in [0.25, 0.3) is 0 Å². The molecule has 23 heavy (non-hydrogen) atoms. The standard InChI is InChI=1S/C9H13O.3C4H9.Sn/c1-7-4-3-5-9(6-7)8(2)10;3*1-3-4-2;/h4-5,9H,3,6H2,1-2H3;3*1,3-4H2,2H3;/t9-;;;;/m1..../s1. The van der Waals surface area contributed by atoms with Crippen LogP contribution in [0.25, 0.3) is 0 Å². The van der Waals surface area contributed by atoms with Crippen molar-refractivity contribution in [2.75, 3.05) is 0 Å². The van der Waals surface area contributed by atoms with Crippen molar-refractivity contribution < 1.29 is 4.79 Å². The number of ketones is 1. The molecule has 1 aliphatic carbocycles. The van der Waals surface area contributed by atoms with Crippen molar-refractivity contribution in [3.05, 3.63) is 11.6 Å². The number of hydrogen-bond acceptors (Lipinski definition) is 1. The second kappa shape index (κ2) is 10.9. The molecule has 0 saturated heterocycles. The Morgan fingerprint density at radius 1 is 1.04 bits per heavy atom. The van der Waals surface area contributed by atoms with Gasteiger partial charge in [-0.1, -0.05) is 0 Å². The molecule has 0 saturated carbocycles. The van der Waals surface area contributed by atoms with Crippen molar-refractivity contribution in [1.82, 2.24) is 0 Å². The van der Waals surface area contributed by atoms with Crippen molar-refractivity contribution in [1.29, 1.82) is 0 Å². The Labute approximate surface area is 149 Å². The molecule has 134 valence electrons. The summed E-state index contributed by atoms with van der Waals surface area (Å²) < 4.78 is 5.39. The van der Waals surface area contributed by atoms with E-state index >= 15 is 0 Å². The van der Waals surface area contributed by atoms with Gasteiger partial charge in [-0.15, -0.1) is 0 Å². The van der Waals surface area contributed by atoms with Crippen molar-refractivity contribution in [3.8, 4) is 0 Å². The van der Waals surface area contributed by atoms with Gasteiger partial charge >= 0.3 is 150 Å². The first-order valence-electron chi connectivity index (χ1n) is 10.2. The average Bonchev–Trinajstić information content (AvgIpc) is 2.54. The molecule has 0 aliphatic heterocycles. The molecule has 0 spiro atoms. The predicted octanol–water partition coefficient (Wildman–Crippen LogP) is 7.15. The van der Waals surface area contributed by atoms with E-state index in [1.165, 1.54) is 63.8 Å². The molecule has 0 aromatic heterocycles. The minimum atomic E-state index is -2.29. The number of carbonyl (C=O) groups excluding carboxylic acids is 1. The second-order valence-corrected chi connectivity index (χ2v) is 22.2. The summed E-state index contributed by atoms with van der Waals surface area (Å²) in [6.07, 6.45) is 13.0. The Morgan fingerprint density at radius 2 is 1.52 bits per heavy atom. The van der Waals surface area contributed by atoms with Crippen LogP contribution in [0.1, 0.15) is 86.0 Å². The van der Waals surface area contributed by atoms with E-state index in [4.69, 9.17) is 0 Å². The van der Waals surface area contributed by atoms with Crippen LogP contribution in [-0.4, -0.2) is 24.2 Å². The van der Waals surface area contributed by atoms with Gasteiger partial charge in [0.15, 0.2) is 0 Å². The van der Waals surface area contributed by atoms with Crippen LogP contribution < -0.4 is 0 Å². The first-order chi connectivity index (χ1) is 11.0. The van der Waals surface area contributed by atoms with Crippen LogP contribution in [0.5, 0.6) is 0 Å². The summed E-state index contributed by atoms with van der Waals surface area (Å²) in [5.74, 6) is 0.842. The normalized spacial score (nSPS) is 22.0. The zero-order valence-electron chi connectivity index (χ0n) is 16.4. The Morgan fingerprint density at radius 3 is 1.91 bits per heavy atom. The SMILES string of the molecule is CCC[CH2][Sn]([CH2]CCC)([CH2]CCC)[C@H]1CC=C(C)C[C@@H]1C(C)=O. The number of allylic oxidation sites excluding steroid dienone is 2. The van der Waals surface area contributed by atoms with Crippen molar-refractivity contribution in [2.24, 2.45) is 5.92 Å². The third kappa shape index (κ3) is 6.21. The topological polar surface area (TPSA) is 17.1 Å². The van der Waals surface area contributed by atoms with Gasteiger partial charge in [-0.05, 0) is 0 Å². The maximum absolute atomic E-state index is 12.4. The van der Waals surface area contributed by atoms with Crippen molar-refractivity contribution in [2.45, 2.75) is 103 Å². The molecule has 2 heteroatoms. The molecule has 0 bridgehead atoms. The molecule has 0 radical (unpaired) electrons. The van der Waals surface area contributed by atoms with Crippen LogP contribution in [0.15, 0.2) is 11.6 Å². The first-order valence-corrected chi connectivity index (χ1v) is 17.9. The summed E-state index contributed by atoms with van der Waals surface area (Å²) in [6, 6.07) is 0. The average molecular weight is 427 g/mol. The molecule has 0 aromatic rings. The molecule has 0 heterocycles. The quantitative estimate of drug-likeness (QED) is 0.253. The zero-order valence-corrected chi connectivity index (χ0v) is 19.3. The summed E-state index contributed by atoms with van der Waals surface area (Å²) in [6.45, 7) is 11.1. The molecular weight excluding hydrogens is 387 g/mol. The Balaban J connectivity index is 3.12. The van der Waals surface area contributed by atoms with Gasteiger partial charge in [-0.3, -0.25) is 0 Å². The van der Waals surface area contributed by atoms with E-state index < -0.39 is 18.4 Å². The molecule has 1 aliphatic rings. The summed E-state index contributed by atoms with van der Waals surface area (Å²) in [7, 11) is 0. The number of rotatable bonds is 11. The monoisotopic (exact) mass is 428 g/mol. The number of unbranched alkanes of at least 4 members (excludes halogenated alkanes) is 3. The fourth-order valence-electron chi connectivity index (χ4n) is 4.69. The first kappa shape index (κ1) is 21.3. The van der Waals surface area contributed by atoms with Gasteiger partial charge in [0.2, 0.25) is 0 Å². The van der Waals surface area contributed by atoms with Crippen LogP contribution in [0.3, 0.4) is 0 Å². The molecule has 0 unspecified atom stereocenters. The fraction of sp³-hybridized carbons (Fsp3) is 0.857. The minimum absolute atomic E-state index is 0.362. The van der Waals surface area contributed by atoms with Crippen LogP contribution in [0, 0.1) is 5.92 Å².